The van der Waals surface area contributed by atoms with Gasteiger partial charge in [0, 0.05) is 0 Å². The van der Waals surface area contributed by atoms with E-state index in [1.165, 1.54) is 12.4 Å². The number of aromatic nitrogens is 4. The molecular weight excluding hydrogens is 598 g/mol. The average molecular weight is 632 g/mol. The Morgan fingerprint density at radius 1 is 0.864 bits per heavy atom. The van der Waals surface area contributed by atoms with Gasteiger partial charge in [0.1, 0.15) is 19.0 Å². The molecule has 0 spiro atoms. The zero-order valence-corrected chi connectivity index (χ0v) is 26.6. The van der Waals surface area contributed by atoms with E-state index < -0.39 is 10.0 Å². The number of hydrogen-bond donors (Lipinski definition) is 1. The average Bonchev–Trinajstić information content (AvgIpc) is 3.32. The summed E-state index contributed by atoms with van der Waals surface area (Å²) in [4.78, 5) is 8.21. The number of rotatable bonds is 11. The van der Waals surface area contributed by atoms with Gasteiger partial charge in [-0.2, -0.15) is 0 Å². The molecule has 0 saturated heterocycles. The van der Waals surface area contributed by atoms with E-state index in [0.717, 1.165) is 22.3 Å². The van der Waals surface area contributed by atoms with Crippen molar-refractivity contribution in [1.29, 1.82) is 0 Å². The lowest BCUT2D eigenvalue weighted by molar-refractivity contribution is 0.201. The van der Waals surface area contributed by atoms with Gasteiger partial charge in [-0.1, -0.05) is 105 Å². The van der Waals surface area contributed by atoms with Crippen LogP contribution >= 0.6 is 11.6 Å². The van der Waals surface area contributed by atoms with E-state index in [1.54, 1.807) is 16.8 Å². The molecule has 0 bridgehead atoms. The second kappa shape index (κ2) is 13.1. The lowest BCUT2D eigenvalue weighted by Crippen LogP contribution is -2.18. The highest BCUT2D eigenvalue weighted by atomic mass is 35.5. The third-order valence-corrected chi connectivity index (χ3v) is 8.40. The Balaban J connectivity index is 1.52. The summed E-state index contributed by atoms with van der Waals surface area (Å²) >= 11 is 5.86. The van der Waals surface area contributed by atoms with E-state index in [0.29, 0.717) is 17.1 Å². The van der Waals surface area contributed by atoms with E-state index in [2.05, 4.69) is 35.5 Å². The highest BCUT2D eigenvalue weighted by Crippen LogP contribution is 2.39. The molecule has 1 N–H and O–H groups in total. The van der Waals surface area contributed by atoms with Crippen LogP contribution in [0.5, 0.6) is 11.9 Å². The Kier molecular flexibility index (Phi) is 9.22. The third kappa shape index (κ3) is 7.56. The molecular formula is C33H34ClN5O4S. The minimum absolute atomic E-state index is 0.105. The summed E-state index contributed by atoms with van der Waals surface area (Å²) in [5.41, 5.74) is 4.18. The van der Waals surface area contributed by atoms with Gasteiger partial charge in [-0.15, -0.1) is 5.10 Å². The standard InChI is InChI=1S/C33H34ClN5O4S/c1-23-10-12-25(13-11-23)29-30(38-44(40,41)28-16-14-26(15-17-28)33(2,3)4)39(22-24-8-6-5-7-9-24)37-31(29)42-18-19-43-32-35-20-27(34)21-36-32/h5-17,20-21,38H,18-19,22H2,1-4H3. The van der Waals surface area contributed by atoms with Crippen molar-refractivity contribution in [2.75, 3.05) is 17.9 Å². The number of sulfonamides is 1. The van der Waals surface area contributed by atoms with Crippen molar-refractivity contribution in [3.63, 3.8) is 0 Å². The van der Waals surface area contributed by atoms with Crippen LogP contribution in [-0.4, -0.2) is 41.4 Å². The first-order chi connectivity index (χ1) is 21.0. The Labute approximate surface area is 262 Å². The molecule has 228 valence electrons. The van der Waals surface area contributed by atoms with Crippen molar-refractivity contribution in [1.82, 2.24) is 19.7 Å². The van der Waals surface area contributed by atoms with Crippen LogP contribution in [0.4, 0.5) is 5.82 Å². The first-order valence-electron chi connectivity index (χ1n) is 14.1. The van der Waals surface area contributed by atoms with Crippen molar-refractivity contribution in [3.8, 4) is 23.0 Å². The van der Waals surface area contributed by atoms with Crippen LogP contribution in [0.3, 0.4) is 0 Å². The summed E-state index contributed by atoms with van der Waals surface area (Å²) < 4.78 is 43.8. The van der Waals surface area contributed by atoms with Crippen molar-refractivity contribution in [3.05, 3.63) is 113 Å². The summed E-state index contributed by atoms with van der Waals surface area (Å²) in [5.74, 6) is 0.542. The molecule has 0 aliphatic carbocycles. The number of aryl methyl sites for hydroxylation is 1. The number of hydrogen-bond acceptors (Lipinski definition) is 7. The fraction of sp³-hybridized carbons (Fsp3) is 0.242. The molecule has 0 fully saturated rings. The van der Waals surface area contributed by atoms with E-state index in [1.807, 2.05) is 73.7 Å². The first-order valence-corrected chi connectivity index (χ1v) is 15.9. The molecule has 2 heterocycles. The number of anilines is 1. The molecule has 0 saturated carbocycles. The van der Waals surface area contributed by atoms with Crippen LogP contribution in [0, 0.1) is 6.92 Å². The fourth-order valence-electron chi connectivity index (χ4n) is 4.46. The molecule has 3 aromatic carbocycles. The Hall–Kier alpha value is -4.41. The van der Waals surface area contributed by atoms with Gasteiger partial charge in [0.15, 0.2) is 0 Å². The number of halogens is 1. The lowest BCUT2D eigenvalue weighted by Gasteiger charge is -2.19. The predicted octanol–water partition coefficient (Wildman–Crippen LogP) is 6.91. The summed E-state index contributed by atoms with van der Waals surface area (Å²) in [7, 11) is -4.00. The van der Waals surface area contributed by atoms with Crippen LogP contribution in [0.25, 0.3) is 11.1 Å². The largest absolute Gasteiger partial charge is 0.472 e. The van der Waals surface area contributed by atoms with Gasteiger partial charge in [-0.25, -0.2) is 23.1 Å². The minimum Gasteiger partial charge on any atom is -0.472 e. The Morgan fingerprint density at radius 3 is 2.14 bits per heavy atom. The topological polar surface area (TPSA) is 108 Å². The number of benzene rings is 3. The van der Waals surface area contributed by atoms with Gasteiger partial charge >= 0.3 is 6.01 Å². The summed E-state index contributed by atoms with van der Waals surface area (Å²) in [6.45, 7) is 8.77. The number of nitrogens with one attached hydrogen (secondary N) is 1. The van der Waals surface area contributed by atoms with Gasteiger partial charge in [0.2, 0.25) is 5.88 Å². The summed E-state index contributed by atoms with van der Waals surface area (Å²) in [6, 6.07) is 24.5. The van der Waals surface area contributed by atoms with E-state index in [4.69, 9.17) is 26.2 Å². The Morgan fingerprint density at radius 2 is 1.50 bits per heavy atom. The highest BCUT2D eigenvalue weighted by Gasteiger charge is 2.26. The number of ether oxygens (including phenoxy) is 2. The second-order valence-electron chi connectivity index (χ2n) is 11.3. The van der Waals surface area contributed by atoms with Gasteiger partial charge in [-0.3, -0.25) is 4.72 Å². The molecule has 0 radical (unpaired) electrons. The molecule has 0 atom stereocenters. The SMILES string of the molecule is Cc1ccc(-c2c(OCCOc3ncc(Cl)cn3)nn(Cc3ccccc3)c2NS(=O)(=O)c2ccc(C(C)(C)C)cc2)cc1. The van der Waals surface area contributed by atoms with Crippen molar-refractivity contribution >= 4 is 27.4 Å². The molecule has 0 amide bonds. The van der Waals surface area contributed by atoms with Crippen LogP contribution in [0.2, 0.25) is 5.02 Å². The quantitative estimate of drug-likeness (QED) is 0.158. The van der Waals surface area contributed by atoms with Crippen LogP contribution in [0.1, 0.15) is 37.5 Å². The van der Waals surface area contributed by atoms with Gasteiger partial charge in [0.25, 0.3) is 10.0 Å². The zero-order valence-electron chi connectivity index (χ0n) is 25.0. The van der Waals surface area contributed by atoms with Gasteiger partial charge < -0.3 is 9.47 Å². The molecule has 5 aromatic rings. The molecule has 9 nitrogen and oxygen atoms in total. The van der Waals surface area contributed by atoms with Crippen LogP contribution in [0.15, 0.2) is 96.2 Å². The molecule has 44 heavy (non-hydrogen) atoms. The second-order valence-corrected chi connectivity index (χ2v) is 13.4. The van der Waals surface area contributed by atoms with E-state index >= 15 is 0 Å². The lowest BCUT2D eigenvalue weighted by atomic mass is 9.87. The third-order valence-electron chi connectivity index (χ3n) is 6.85. The monoisotopic (exact) mass is 631 g/mol. The molecule has 2 aromatic heterocycles. The maximum atomic E-state index is 13.8. The normalized spacial score (nSPS) is 11.8. The van der Waals surface area contributed by atoms with Crippen LogP contribution in [-0.2, 0) is 22.0 Å². The zero-order chi connectivity index (χ0) is 31.3. The van der Waals surface area contributed by atoms with Crippen molar-refractivity contribution < 1.29 is 17.9 Å². The van der Waals surface area contributed by atoms with Crippen molar-refractivity contribution in [2.24, 2.45) is 0 Å². The molecule has 0 aliphatic rings. The maximum Gasteiger partial charge on any atom is 0.316 e. The van der Waals surface area contributed by atoms with E-state index in [9.17, 15) is 8.42 Å². The maximum absolute atomic E-state index is 13.8. The van der Waals surface area contributed by atoms with Gasteiger partial charge in [0.05, 0.1) is 34.4 Å². The summed E-state index contributed by atoms with van der Waals surface area (Å²) in [5, 5.41) is 5.15. The van der Waals surface area contributed by atoms with Gasteiger partial charge in [-0.05, 0) is 41.2 Å². The summed E-state index contributed by atoms with van der Waals surface area (Å²) in [6.07, 6.45) is 2.89. The van der Waals surface area contributed by atoms with Crippen molar-refractivity contribution in [2.45, 2.75) is 44.6 Å². The predicted molar refractivity (Wildman–Crippen MR) is 172 cm³/mol. The molecule has 0 unspecified atom stereocenters. The molecule has 0 aliphatic heterocycles. The highest BCUT2D eigenvalue weighted by molar-refractivity contribution is 7.92. The fourth-order valence-corrected chi connectivity index (χ4v) is 5.63. The number of nitrogens with zero attached hydrogens (tertiary/aromatic N) is 4. The first kappa shape index (κ1) is 31.0. The van der Waals surface area contributed by atoms with E-state index in [-0.39, 0.29) is 41.2 Å². The Bertz CT molecular complexity index is 1800. The minimum atomic E-state index is -4.00. The molecule has 11 heteroatoms. The smallest absolute Gasteiger partial charge is 0.316 e. The van der Waals surface area contributed by atoms with Crippen LogP contribution < -0.4 is 14.2 Å². The molecule has 5 rings (SSSR count).